The van der Waals surface area contributed by atoms with Crippen LogP contribution in [0.25, 0.3) is 0 Å². The summed E-state index contributed by atoms with van der Waals surface area (Å²) in [6.07, 6.45) is 7.92. The van der Waals surface area contributed by atoms with Crippen molar-refractivity contribution < 1.29 is 19.1 Å². The van der Waals surface area contributed by atoms with Crippen LogP contribution in [0.5, 0.6) is 11.6 Å². The zero-order chi connectivity index (χ0) is 19.5. The number of benzene rings is 1. The summed E-state index contributed by atoms with van der Waals surface area (Å²) in [7, 11) is 0. The minimum absolute atomic E-state index is 0.218. The summed E-state index contributed by atoms with van der Waals surface area (Å²) >= 11 is 0. The van der Waals surface area contributed by atoms with Gasteiger partial charge in [-0.2, -0.15) is 0 Å². The van der Waals surface area contributed by atoms with Crippen molar-refractivity contribution in [1.82, 2.24) is 14.9 Å². The monoisotopic (exact) mass is 380 g/mol. The van der Waals surface area contributed by atoms with Gasteiger partial charge in [0.2, 0.25) is 23.6 Å². The molecule has 4 rings (SSSR count). The molecule has 1 saturated carbocycles. The van der Waals surface area contributed by atoms with Gasteiger partial charge in [-0.1, -0.05) is 18.9 Å². The normalized spacial score (nSPS) is 21.4. The van der Waals surface area contributed by atoms with Gasteiger partial charge >= 0.3 is 0 Å². The lowest BCUT2D eigenvalue weighted by Gasteiger charge is -2.19. The van der Waals surface area contributed by atoms with Crippen LogP contribution in [0.4, 0.5) is 5.69 Å². The highest BCUT2D eigenvalue weighted by molar-refractivity contribution is 6.08. The molecule has 0 spiro atoms. The second-order valence-electron chi connectivity index (χ2n) is 6.98. The second kappa shape index (κ2) is 7.75. The number of hydrogen-bond acceptors (Lipinski definition) is 6. The van der Waals surface area contributed by atoms with Gasteiger partial charge in [0.1, 0.15) is 12.3 Å². The minimum Gasteiger partial charge on any atom is -0.437 e. The van der Waals surface area contributed by atoms with E-state index in [0.717, 1.165) is 30.6 Å². The fraction of sp³-hybridized carbons (Fsp3) is 0.350. The summed E-state index contributed by atoms with van der Waals surface area (Å²) in [5, 5.41) is 2.72. The highest BCUT2D eigenvalue weighted by atomic mass is 16.5. The Hall–Kier alpha value is -3.29. The van der Waals surface area contributed by atoms with Crippen molar-refractivity contribution in [3.8, 4) is 11.6 Å². The average Bonchev–Trinajstić information content (AvgIpc) is 2.94. The maximum Gasteiger partial charge on any atom is 0.244 e. The number of nitrogens with one attached hydrogen (secondary N) is 1. The molecule has 2 aromatic rings. The lowest BCUT2D eigenvalue weighted by Crippen LogP contribution is -2.38. The molecule has 2 heterocycles. The predicted molar refractivity (Wildman–Crippen MR) is 99.3 cm³/mol. The lowest BCUT2D eigenvalue weighted by atomic mass is 9.81. The Morgan fingerprint density at radius 2 is 1.89 bits per heavy atom. The molecule has 1 aliphatic carbocycles. The third-order valence-corrected chi connectivity index (χ3v) is 5.11. The molecule has 3 amide bonds. The average molecular weight is 380 g/mol. The van der Waals surface area contributed by atoms with E-state index in [9.17, 15) is 14.4 Å². The van der Waals surface area contributed by atoms with Crippen LogP contribution in [-0.4, -0.2) is 39.1 Å². The van der Waals surface area contributed by atoms with Gasteiger partial charge in [0.15, 0.2) is 0 Å². The molecule has 0 unspecified atom stereocenters. The van der Waals surface area contributed by atoms with Crippen LogP contribution in [0.3, 0.4) is 0 Å². The first-order valence-electron chi connectivity index (χ1n) is 9.31. The topological polar surface area (TPSA) is 101 Å². The molecule has 1 aromatic heterocycles. The molecule has 1 saturated heterocycles. The Labute approximate surface area is 161 Å². The van der Waals surface area contributed by atoms with Gasteiger partial charge in [-0.3, -0.25) is 24.3 Å². The maximum atomic E-state index is 12.5. The van der Waals surface area contributed by atoms with Crippen LogP contribution < -0.4 is 10.1 Å². The molecule has 2 aliphatic rings. The van der Waals surface area contributed by atoms with Gasteiger partial charge < -0.3 is 10.1 Å². The number of fused-ring (bicyclic) bond motifs is 1. The molecule has 144 valence electrons. The van der Waals surface area contributed by atoms with E-state index < -0.39 is 5.91 Å². The number of likely N-dealkylation sites (tertiary alicyclic amines) is 1. The fourth-order valence-corrected chi connectivity index (χ4v) is 3.83. The molecule has 8 nitrogen and oxygen atoms in total. The second-order valence-corrected chi connectivity index (χ2v) is 6.98. The quantitative estimate of drug-likeness (QED) is 0.799. The smallest absolute Gasteiger partial charge is 0.244 e. The summed E-state index contributed by atoms with van der Waals surface area (Å²) in [4.78, 5) is 46.5. The Bertz CT molecular complexity index is 878. The predicted octanol–water partition coefficient (Wildman–Crippen LogP) is 2.38. The Morgan fingerprint density at radius 1 is 1.14 bits per heavy atom. The summed E-state index contributed by atoms with van der Waals surface area (Å²) in [6.45, 7) is -0.264. The molecular formula is C20H20N4O4. The molecule has 28 heavy (non-hydrogen) atoms. The number of anilines is 1. The summed E-state index contributed by atoms with van der Waals surface area (Å²) < 4.78 is 5.59. The van der Waals surface area contributed by atoms with Crippen molar-refractivity contribution in [1.29, 1.82) is 0 Å². The van der Waals surface area contributed by atoms with Crippen LogP contribution in [-0.2, 0) is 14.4 Å². The summed E-state index contributed by atoms with van der Waals surface area (Å²) in [6, 6.07) is 6.79. The molecule has 2 fully saturated rings. The molecule has 1 aliphatic heterocycles. The van der Waals surface area contributed by atoms with Crippen LogP contribution in [0.1, 0.15) is 25.7 Å². The van der Waals surface area contributed by atoms with Crippen LogP contribution in [0, 0.1) is 11.8 Å². The Morgan fingerprint density at radius 3 is 2.57 bits per heavy atom. The first-order valence-corrected chi connectivity index (χ1v) is 9.31. The molecule has 1 aromatic carbocycles. The van der Waals surface area contributed by atoms with Crippen molar-refractivity contribution in [3.63, 3.8) is 0 Å². The number of carbonyl (C=O) groups excluding carboxylic acids is 3. The van der Waals surface area contributed by atoms with Gasteiger partial charge in [-0.05, 0) is 25.0 Å². The summed E-state index contributed by atoms with van der Waals surface area (Å²) in [5.41, 5.74) is 0.503. The maximum absolute atomic E-state index is 12.5. The number of rotatable bonds is 5. The third kappa shape index (κ3) is 3.71. The van der Waals surface area contributed by atoms with Gasteiger partial charge in [0.25, 0.3) is 0 Å². The van der Waals surface area contributed by atoms with E-state index >= 15 is 0 Å². The van der Waals surface area contributed by atoms with E-state index in [4.69, 9.17) is 4.74 Å². The van der Waals surface area contributed by atoms with Crippen LogP contribution in [0.15, 0.2) is 42.9 Å². The number of aromatic nitrogens is 2. The third-order valence-electron chi connectivity index (χ3n) is 5.11. The zero-order valence-electron chi connectivity index (χ0n) is 15.2. The van der Waals surface area contributed by atoms with E-state index in [0.29, 0.717) is 17.3 Å². The van der Waals surface area contributed by atoms with E-state index in [1.165, 1.54) is 12.4 Å². The number of imide groups is 1. The fourth-order valence-electron chi connectivity index (χ4n) is 3.83. The van der Waals surface area contributed by atoms with Crippen molar-refractivity contribution in [2.24, 2.45) is 11.8 Å². The van der Waals surface area contributed by atoms with E-state index in [1.807, 2.05) is 0 Å². The van der Waals surface area contributed by atoms with Crippen molar-refractivity contribution in [3.05, 3.63) is 42.9 Å². The SMILES string of the molecule is O=C(CN1C(=O)[C@H]2CCCC[C@@H]2C1=O)Nc1cccc(Oc2cnccn2)c1. The van der Waals surface area contributed by atoms with E-state index in [-0.39, 0.29) is 30.2 Å². The first kappa shape index (κ1) is 18.1. The standard InChI is InChI=1S/C20H20N4O4/c25-17(12-24-19(26)15-6-1-2-7-16(15)20(24)27)23-13-4-3-5-14(10-13)28-18-11-21-8-9-22-18/h3-5,8-11,15-16H,1-2,6-7,12H2,(H,23,25)/t15-,16-/m0/s1. The van der Waals surface area contributed by atoms with Gasteiger partial charge in [0, 0.05) is 24.1 Å². The van der Waals surface area contributed by atoms with Crippen LogP contribution in [0.2, 0.25) is 0 Å². The molecule has 8 heteroatoms. The number of ether oxygens (including phenoxy) is 1. The molecule has 2 atom stereocenters. The van der Waals surface area contributed by atoms with Crippen molar-refractivity contribution in [2.75, 3.05) is 11.9 Å². The Kier molecular flexibility index (Phi) is 5.01. The molecular weight excluding hydrogens is 360 g/mol. The minimum atomic E-state index is -0.419. The number of nitrogens with zero attached hydrogens (tertiary/aromatic N) is 3. The largest absolute Gasteiger partial charge is 0.437 e. The highest BCUT2D eigenvalue weighted by Crippen LogP contribution is 2.37. The highest BCUT2D eigenvalue weighted by Gasteiger charge is 2.48. The number of amides is 3. The van der Waals surface area contributed by atoms with E-state index in [1.54, 1.807) is 30.5 Å². The number of carbonyl (C=O) groups is 3. The van der Waals surface area contributed by atoms with Gasteiger partial charge in [0.05, 0.1) is 18.0 Å². The Balaban J connectivity index is 1.39. The van der Waals surface area contributed by atoms with E-state index in [2.05, 4.69) is 15.3 Å². The molecule has 0 bridgehead atoms. The lowest BCUT2D eigenvalue weighted by molar-refractivity contribution is -0.142. The van der Waals surface area contributed by atoms with Gasteiger partial charge in [-0.15, -0.1) is 0 Å². The first-order chi connectivity index (χ1) is 13.6. The van der Waals surface area contributed by atoms with Crippen LogP contribution >= 0.6 is 0 Å². The van der Waals surface area contributed by atoms with Gasteiger partial charge in [-0.25, -0.2) is 4.98 Å². The number of hydrogen-bond donors (Lipinski definition) is 1. The van der Waals surface area contributed by atoms with Crippen molar-refractivity contribution in [2.45, 2.75) is 25.7 Å². The van der Waals surface area contributed by atoms with Crippen molar-refractivity contribution >= 4 is 23.4 Å². The molecule has 1 N–H and O–H groups in total. The molecule has 0 radical (unpaired) electrons. The zero-order valence-corrected chi connectivity index (χ0v) is 15.2. The summed E-state index contributed by atoms with van der Waals surface area (Å²) in [5.74, 6) is -0.541.